The Morgan fingerprint density at radius 3 is 2.36 bits per heavy atom. The molecular formula is C19H23N3O3. The van der Waals surface area contributed by atoms with Crippen molar-refractivity contribution in [3.8, 4) is 23.0 Å². The van der Waals surface area contributed by atoms with Crippen LogP contribution in [0.1, 0.15) is 5.56 Å². The average molecular weight is 341 g/mol. The van der Waals surface area contributed by atoms with Gasteiger partial charge in [-0.1, -0.05) is 12.1 Å². The molecule has 0 saturated heterocycles. The van der Waals surface area contributed by atoms with E-state index in [1.54, 1.807) is 14.2 Å². The van der Waals surface area contributed by atoms with Crippen LogP contribution in [0.4, 0.5) is 0 Å². The maximum absolute atomic E-state index is 5.97. The van der Waals surface area contributed by atoms with Gasteiger partial charge in [-0.05, 0) is 17.7 Å². The summed E-state index contributed by atoms with van der Waals surface area (Å²) in [5, 5.41) is 3.36. The number of hydrogen-bond acceptors (Lipinski definition) is 6. The molecule has 0 amide bonds. The first kappa shape index (κ1) is 17.0. The van der Waals surface area contributed by atoms with Gasteiger partial charge in [-0.2, -0.15) is 0 Å². The zero-order valence-corrected chi connectivity index (χ0v) is 14.8. The van der Waals surface area contributed by atoms with Gasteiger partial charge >= 0.3 is 0 Å². The van der Waals surface area contributed by atoms with E-state index in [2.05, 4.69) is 21.3 Å². The predicted octanol–water partition coefficient (Wildman–Crippen LogP) is 2.89. The molecule has 3 rings (SSSR count). The maximum atomic E-state index is 5.97. The molecule has 2 aromatic carbocycles. The van der Waals surface area contributed by atoms with Crippen LogP contribution in [0.25, 0.3) is 0 Å². The topological polar surface area (TPSA) is 55.3 Å². The van der Waals surface area contributed by atoms with Crippen LogP contribution in [-0.4, -0.2) is 45.2 Å². The van der Waals surface area contributed by atoms with Crippen LogP contribution in [0.3, 0.4) is 0 Å². The van der Waals surface area contributed by atoms with E-state index in [0.717, 1.165) is 30.4 Å². The lowest BCUT2D eigenvalue weighted by molar-refractivity contribution is 0.386. The number of aliphatic imine (C=N–C) groups is 1. The van der Waals surface area contributed by atoms with Crippen LogP contribution in [0.2, 0.25) is 0 Å². The monoisotopic (exact) mass is 341 g/mol. The van der Waals surface area contributed by atoms with Gasteiger partial charge in [0.2, 0.25) is 0 Å². The zero-order chi connectivity index (χ0) is 17.6. The number of guanidine groups is 1. The smallest absolute Gasteiger partial charge is 0.194 e. The fourth-order valence-corrected chi connectivity index (χ4v) is 2.60. The Balaban J connectivity index is 1.69. The fourth-order valence-electron chi connectivity index (χ4n) is 2.60. The van der Waals surface area contributed by atoms with Gasteiger partial charge in [0.05, 0.1) is 20.8 Å². The maximum Gasteiger partial charge on any atom is 0.194 e. The number of likely N-dealkylation sites (N-methyl/N-ethyl adjacent to an activating group) is 1. The van der Waals surface area contributed by atoms with Crippen LogP contribution >= 0.6 is 0 Å². The summed E-state index contributed by atoms with van der Waals surface area (Å²) in [6.45, 7) is 2.50. The SMILES string of the molecule is COc1cc(OC)cc(Oc2cccc(CNC3=NCCN3C)c2)c1. The second-order valence-electron chi connectivity index (χ2n) is 5.78. The number of rotatable bonds is 6. The summed E-state index contributed by atoms with van der Waals surface area (Å²) in [4.78, 5) is 6.55. The van der Waals surface area contributed by atoms with Crippen molar-refractivity contribution >= 4 is 5.96 Å². The third-order valence-corrected chi connectivity index (χ3v) is 3.97. The van der Waals surface area contributed by atoms with E-state index < -0.39 is 0 Å². The molecule has 25 heavy (non-hydrogen) atoms. The third-order valence-electron chi connectivity index (χ3n) is 3.97. The lowest BCUT2D eigenvalue weighted by Gasteiger charge is -2.15. The molecule has 1 aliphatic heterocycles. The van der Waals surface area contributed by atoms with E-state index in [4.69, 9.17) is 14.2 Å². The molecule has 0 bridgehead atoms. The summed E-state index contributed by atoms with van der Waals surface area (Å²) >= 11 is 0. The van der Waals surface area contributed by atoms with E-state index >= 15 is 0 Å². The third kappa shape index (κ3) is 4.35. The molecule has 0 atom stereocenters. The van der Waals surface area contributed by atoms with Crippen LogP contribution in [0, 0.1) is 0 Å². The molecule has 1 aliphatic rings. The first-order valence-corrected chi connectivity index (χ1v) is 8.17. The lowest BCUT2D eigenvalue weighted by atomic mass is 10.2. The van der Waals surface area contributed by atoms with Crippen LogP contribution in [0.5, 0.6) is 23.0 Å². The van der Waals surface area contributed by atoms with Crippen molar-refractivity contribution in [2.45, 2.75) is 6.54 Å². The van der Waals surface area contributed by atoms with Gasteiger partial charge < -0.3 is 24.4 Å². The molecule has 132 valence electrons. The van der Waals surface area contributed by atoms with Crippen molar-refractivity contribution in [3.05, 3.63) is 48.0 Å². The molecule has 1 N–H and O–H groups in total. The number of benzene rings is 2. The minimum absolute atomic E-state index is 0.668. The van der Waals surface area contributed by atoms with Crippen LogP contribution in [-0.2, 0) is 6.54 Å². The summed E-state index contributed by atoms with van der Waals surface area (Å²) in [5.41, 5.74) is 1.12. The van der Waals surface area contributed by atoms with Crippen molar-refractivity contribution in [2.24, 2.45) is 4.99 Å². The van der Waals surface area contributed by atoms with Crippen molar-refractivity contribution in [2.75, 3.05) is 34.4 Å². The number of methoxy groups -OCH3 is 2. The van der Waals surface area contributed by atoms with E-state index in [9.17, 15) is 0 Å². The molecule has 0 spiro atoms. The Kier molecular flexibility index (Phi) is 5.28. The summed E-state index contributed by atoms with van der Waals surface area (Å²) in [6, 6.07) is 13.4. The van der Waals surface area contributed by atoms with E-state index in [1.165, 1.54) is 0 Å². The predicted molar refractivity (Wildman–Crippen MR) is 97.8 cm³/mol. The highest BCUT2D eigenvalue weighted by Gasteiger charge is 2.11. The summed E-state index contributed by atoms with van der Waals surface area (Å²) in [7, 11) is 5.27. The molecule has 0 radical (unpaired) electrons. The van der Waals surface area contributed by atoms with Crippen LogP contribution < -0.4 is 19.5 Å². The summed E-state index contributed by atoms with van der Waals surface area (Å²) < 4.78 is 16.5. The highest BCUT2D eigenvalue weighted by molar-refractivity contribution is 5.81. The fraction of sp³-hybridized carbons (Fsp3) is 0.316. The quantitative estimate of drug-likeness (QED) is 0.875. The van der Waals surface area contributed by atoms with E-state index in [1.807, 2.05) is 43.4 Å². The van der Waals surface area contributed by atoms with Crippen LogP contribution in [0.15, 0.2) is 47.5 Å². The molecule has 0 aromatic heterocycles. The first-order chi connectivity index (χ1) is 12.2. The molecule has 1 heterocycles. The molecule has 0 fully saturated rings. The normalized spacial score (nSPS) is 13.4. The Morgan fingerprint density at radius 1 is 1.00 bits per heavy atom. The minimum atomic E-state index is 0.668. The minimum Gasteiger partial charge on any atom is -0.496 e. The summed E-state index contributed by atoms with van der Waals surface area (Å²) in [6.07, 6.45) is 0. The number of nitrogens with zero attached hydrogens (tertiary/aromatic N) is 2. The molecular weight excluding hydrogens is 318 g/mol. The van der Waals surface area contributed by atoms with Gasteiger partial charge in [-0.15, -0.1) is 0 Å². The largest absolute Gasteiger partial charge is 0.496 e. The second kappa shape index (κ2) is 7.79. The van der Waals surface area contributed by atoms with Crippen molar-refractivity contribution in [1.82, 2.24) is 10.2 Å². The van der Waals surface area contributed by atoms with Crippen molar-refractivity contribution in [1.29, 1.82) is 0 Å². The Hall–Kier alpha value is -2.89. The Morgan fingerprint density at radius 2 is 1.72 bits per heavy atom. The zero-order valence-electron chi connectivity index (χ0n) is 14.8. The van der Waals surface area contributed by atoms with Crippen molar-refractivity contribution in [3.63, 3.8) is 0 Å². The highest BCUT2D eigenvalue weighted by atomic mass is 16.5. The highest BCUT2D eigenvalue weighted by Crippen LogP contribution is 2.31. The second-order valence-corrected chi connectivity index (χ2v) is 5.78. The van der Waals surface area contributed by atoms with Gasteiger partial charge in [0.25, 0.3) is 0 Å². The molecule has 0 aliphatic carbocycles. The van der Waals surface area contributed by atoms with E-state index in [0.29, 0.717) is 23.8 Å². The molecule has 0 unspecified atom stereocenters. The Bertz CT molecular complexity index is 739. The van der Waals surface area contributed by atoms with Gasteiger partial charge in [0, 0.05) is 38.3 Å². The molecule has 0 saturated carbocycles. The number of hydrogen-bond donors (Lipinski definition) is 1. The van der Waals surface area contributed by atoms with Gasteiger partial charge in [0.15, 0.2) is 5.96 Å². The summed E-state index contributed by atoms with van der Waals surface area (Å²) in [5.74, 6) is 3.74. The Labute approximate surface area is 148 Å². The molecule has 2 aromatic rings. The van der Waals surface area contributed by atoms with Gasteiger partial charge in [-0.3, -0.25) is 4.99 Å². The standard InChI is InChI=1S/C19H23N3O3/c1-22-8-7-20-19(22)21-13-14-5-4-6-15(9-14)25-18-11-16(23-2)10-17(12-18)24-3/h4-6,9-12H,7-8,13H2,1-3H3,(H,20,21). The molecule has 6 nitrogen and oxygen atoms in total. The molecule has 6 heteroatoms. The van der Waals surface area contributed by atoms with E-state index in [-0.39, 0.29) is 0 Å². The van der Waals surface area contributed by atoms with Gasteiger partial charge in [-0.25, -0.2) is 0 Å². The van der Waals surface area contributed by atoms with Crippen molar-refractivity contribution < 1.29 is 14.2 Å². The number of ether oxygens (including phenoxy) is 3. The number of nitrogens with one attached hydrogen (secondary N) is 1. The average Bonchev–Trinajstić information content (AvgIpc) is 3.05. The van der Waals surface area contributed by atoms with Gasteiger partial charge in [0.1, 0.15) is 23.0 Å². The lowest BCUT2D eigenvalue weighted by Crippen LogP contribution is -2.35. The first-order valence-electron chi connectivity index (χ1n) is 8.17.